The molecule has 1 fully saturated rings. The molecular formula is C20H27N3O2. The molecule has 2 heterocycles. The second-order valence-corrected chi connectivity index (χ2v) is 6.82. The summed E-state index contributed by atoms with van der Waals surface area (Å²) in [5.41, 5.74) is 4.25. The van der Waals surface area contributed by atoms with Crippen LogP contribution in [0.2, 0.25) is 0 Å². The van der Waals surface area contributed by atoms with Crippen LogP contribution in [0.15, 0.2) is 23.9 Å². The Morgan fingerprint density at radius 1 is 0.920 bits per heavy atom. The number of carbonyl (C=O) groups is 2. The van der Waals surface area contributed by atoms with E-state index in [1.54, 1.807) is 0 Å². The number of hydrogen-bond acceptors (Lipinski definition) is 4. The van der Waals surface area contributed by atoms with Crippen LogP contribution in [0.4, 0.5) is 0 Å². The minimum Gasteiger partial charge on any atom is -0.364 e. The van der Waals surface area contributed by atoms with E-state index in [4.69, 9.17) is 0 Å². The zero-order chi connectivity index (χ0) is 18.1. The molecule has 0 saturated carbocycles. The molecule has 3 rings (SSSR count). The smallest absolute Gasteiger partial charge is 0.277 e. The van der Waals surface area contributed by atoms with E-state index in [9.17, 15) is 9.59 Å². The van der Waals surface area contributed by atoms with Crippen LogP contribution in [0, 0.1) is 13.8 Å². The van der Waals surface area contributed by atoms with E-state index in [2.05, 4.69) is 22.8 Å². The lowest BCUT2D eigenvalue weighted by Gasteiger charge is -2.36. The fourth-order valence-electron chi connectivity index (χ4n) is 3.77. The molecule has 0 bridgehead atoms. The largest absolute Gasteiger partial charge is 0.364 e. The van der Waals surface area contributed by atoms with Gasteiger partial charge >= 0.3 is 0 Å². The Morgan fingerprint density at radius 3 is 2.16 bits per heavy atom. The van der Waals surface area contributed by atoms with E-state index >= 15 is 0 Å². The van der Waals surface area contributed by atoms with Gasteiger partial charge in [-0.15, -0.1) is 0 Å². The molecule has 2 aliphatic heterocycles. The minimum absolute atomic E-state index is 0.146. The average Bonchev–Trinajstić information content (AvgIpc) is 2.85. The Labute approximate surface area is 149 Å². The van der Waals surface area contributed by atoms with Crippen molar-refractivity contribution < 1.29 is 9.59 Å². The number of amides is 2. The SMILES string of the molecule is CCN1CCN(C2=C(c3ccc(C)cc3C)C(=O)N(CC)C2=O)CC1. The number of carbonyl (C=O) groups excluding carboxylic acids is 2. The standard InChI is InChI=1S/C20H27N3O2/c1-5-21-9-11-22(12-10-21)18-17(19(24)23(6-2)20(18)25)16-8-7-14(3)13-15(16)4/h7-8,13H,5-6,9-12H2,1-4H3. The molecule has 0 aliphatic carbocycles. The first-order valence-electron chi connectivity index (χ1n) is 9.13. The molecule has 0 atom stereocenters. The number of rotatable bonds is 4. The topological polar surface area (TPSA) is 43.9 Å². The fourth-order valence-corrected chi connectivity index (χ4v) is 3.77. The van der Waals surface area contributed by atoms with Gasteiger partial charge in [-0.25, -0.2) is 0 Å². The van der Waals surface area contributed by atoms with Gasteiger partial charge in [-0.05, 0) is 38.4 Å². The molecule has 0 aromatic heterocycles. The molecule has 0 spiro atoms. The average molecular weight is 341 g/mol. The first-order valence-corrected chi connectivity index (χ1v) is 9.13. The fraction of sp³-hybridized carbons (Fsp3) is 0.500. The third-order valence-electron chi connectivity index (χ3n) is 5.25. The van der Waals surface area contributed by atoms with Gasteiger partial charge in [0, 0.05) is 32.7 Å². The Bertz CT molecular complexity index is 730. The van der Waals surface area contributed by atoms with Gasteiger partial charge in [-0.1, -0.05) is 30.7 Å². The van der Waals surface area contributed by atoms with E-state index < -0.39 is 0 Å². The van der Waals surface area contributed by atoms with Crippen LogP contribution in [0.25, 0.3) is 5.57 Å². The summed E-state index contributed by atoms with van der Waals surface area (Å²) >= 11 is 0. The molecule has 134 valence electrons. The Balaban J connectivity index is 2.06. The molecule has 2 amide bonds. The van der Waals surface area contributed by atoms with Crippen molar-refractivity contribution in [1.29, 1.82) is 0 Å². The number of likely N-dealkylation sites (N-methyl/N-ethyl adjacent to an activating group) is 2. The lowest BCUT2D eigenvalue weighted by Crippen LogP contribution is -2.47. The predicted octanol–water partition coefficient (Wildman–Crippen LogP) is 2.04. The summed E-state index contributed by atoms with van der Waals surface area (Å²) in [5, 5.41) is 0. The maximum Gasteiger partial charge on any atom is 0.277 e. The molecule has 5 heteroatoms. The van der Waals surface area contributed by atoms with Gasteiger partial charge in [-0.2, -0.15) is 0 Å². The molecule has 1 aromatic rings. The van der Waals surface area contributed by atoms with Gasteiger partial charge in [-0.3, -0.25) is 14.5 Å². The van der Waals surface area contributed by atoms with Gasteiger partial charge in [0.25, 0.3) is 11.8 Å². The summed E-state index contributed by atoms with van der Waals surface area (Å²) in [5.74, 6) is -0.306. The summed E-state index contributed by atoms with van der Waals surface area (Å²) < 4.78 is 0. The Morgan fingerprint density at radius 2 is 1.60 bits per heavy atom. The molecule has 25 heavy (non-hydrogen) atoms. The van der Waals surface area contributed by atoms with Crippen molar-refractivity contribution in [3.63, 3.8) is 0 Å². The van der Waals surface area contributed by atoms with E-state index in [1.165, 1.54) is 4.90 Å². The Hall–Kier alpha value is -2.14. The highest BCUT2D eigenvalue weighted by atomic mass is 16.2. The normalized spacial score (nSPS) is 19.4. The molecule has 0 unspecified atom stereocenters. The third kappa shape index (κ3) is 3.09. The summed E-state index contributed by atoms with van der Waals surface area (Å²) in [4.78, 5) is 31.8. The molecule has 1 aromatic carbocycles. The first kappa shape index (κ1) is 17.7. The van der Waals surface area contributed by atoms with Crippen molar-refractivity contribution in [2.75, 3.05) is 39.3 Å². The monoisotopic (exact) mass is 341 g/mol. The lowest BCUT2D eigenvalue weighted by molar-refractivity contribution is -0.137. The van der Waals surface area contributed by atoms with Gasteiger partial charge in [0.2, 0.25) is 0 Å². The zero-order valence-electron chi connectivity index (χ0n) is 15.6. The Kier molecular flexibility index (Phi) is 4.95. The van der Waals surface area contributed by atoms with Crippen molar-refractivity contribution in [2.45, 2.75) is 27.7 Å². The van der Waals surface area contributed by atoms with E-state index in [0.717, 1.165) is 49.4 Å². The van der Waals surface area contributed by atoms with Crippen LogP contribution in [0.1, 0.15) is 30.5 Å². The number of imide groups is 1. The summed E-state index contributed by atoms with van der Waals surface area (Å²) in [6, 6.07) is 6.06. The molecule has 5 nitrogen and oxygen atoms in total. The maximum atomic E-state index is 13.0. The van der Waals surface area contributed by atoms with Crippen LogP contribution in [-0.4, -0.2) is 65.8 Å². The van der Waals surface area contributed by atoms with E-state index in [1.807, 2.05) is 32.9 Å². The van der Waals surface area contributed by atoms with Gasteiger partial charge in [0.05, 0.1) is 5.57 Å². The zero-order valence-corrected chi connectivity index (χ0v) is 15.6. The van der Waals surface area contributed by atoms with E-state index in [0.29, 0.717) is 17.8 Å². The van der Waals surface area contributed by atoms with Crippen molar-refractivity contribution in [1.82, 2.24) is 14.7 Å². The van der Waals surface area contributed by atoms with Crippen LogP contribution >= 0.6 is 0 Å². The van der Waals surface area contributed by atoms with Crippen molar-refractivity contribution >= 4 is 17.4 Å². The van der Waals surface area contributed by atoms with E-state index in [-0.39, 0.29) is 11.8 Å². The highest BCUT2D eigenvalue weighted by Gasteiger charge is 2.41. The summed E-state index contributed by atoms with van der Waals surface area (Å²) in [7, 11) is 0. The molecule has 0 N–H and O–H groups in total. The van der Waals surface area contributed by atoms with Crippen molar-refractivity contribution in [3.8, 4) is 0 Å². The highest BCUT2D eigenvalue weighted by molar-refractivity contribution is 6.35. The number of piperazine rings is 1. The predicted molar refractivity (Wildman–Crippen MR) is 98.9 cm³/mol. The quantitative estimate of drug-likeness (QED) is 0.786. The number of hydrogen-bond donors (Lipinski definition) is 0. The minimum atomic E-state index is -0.160. The molecule has 2 aliphatic rings. The molecule has 1 saturated heterocycles. The number of nitrogens with zero attached hydrogens (tertiary/aromatic N) is 3. The van der Waals surface area contributed by atoms with Crippen LogP contribution in [-0.2, 0) is 9.59 Å². The van der Waals surface area contributed by atoms with Crippen LogP contribution in [0.5, 0.6) is 0 Å². The van der Waals surface area contributed by atoms with Crippen molar-refractivity contribution in [2.24, 2.45) is 0 Å². The second kappa shape index (κ2) is 7.00. The van der Waals surface area contributed by atoms with Crippen LogP contribution < -0.4 is 0 Å². The van der Waals surface area contributed by atoms with Gasteiger partial charge in [0.1, 0.15) is 5.70 Å². The first-order chi connectivity index (χ1) is 12.0. The second-order valence-electron chi connectivity index (χ2n) is 6.82. The lowest BCUT2D eigenvalue weighted by atomic mass is 9.97. The van der Waals surface area contributed by atoms with Crippen LogP contribution in [0.3, 0.4) is 0 Å². The maximum absolute atomic E-state index is 13.0. The molecular weight excluding hydrogens is 314 g/mol. The van der Waals surface area contributed by atoms with Gasteiger partial charge in [0.15, 0.2) is 0 Å². The number of benzene rings is 1. The van der Waals surface area contributed by atoms with Gasteiger partial charge < -0.3 is 9.80 Å². The highest BCUT2D eigenvalue weighted by Crippen LogP contribution is 2.33. The summed E-state index contributed by atoms with van der Waals surface area (Å²) in [6.45, 7) is 12.9. The number of aryl methyl sites for hydroxylation is 2. The molecule has 0 radical (unpaired) electrons. The third-order valence-corrected chi connectivity index (χ3v) is 5.25. The van der Waals surface area contributed by atoms with Crippen molar-refractivity contribution in [3.05, 3.63) is 40.6 Å². The summed E-state index contributed by atoms with van der Waals surface area (Å²) in [6.07, 6.45) is 0.